The van der Waals surface area contributed by atoms with E-state index in [1.165, 1.54) is 11.4 Å². The summed E-state index contributed by atoms with van der Waals surface area (Å²) >= 11 is 5.85. The molecule has 0 aliphatic rings. The van der Waals surface area contributed by atoms with E-state index >= 15 is 0 Å². The molecule has 0 N–H and O–H groups in total. The van der Waals surface area contributed by atoms with Gasteiger partial charge in [0.25, 0.3) is 0 Å². The van der Waals surface area contributed by atoms with Crippen LogP contribution >= 0.6 is 11.6 Å². The van der Waals surface area contributed by atoms with Crippen LogP contribution in [0.4, 0.5) is 0 Å². The zero-order chi connectivity index (χ0) is 12.8. The van der Waals surface area contributed by atoms with Crippen LogP contribution in [-0.4, -0.2) is 33.1 Å². The minimum Gasteiger partial charge on any atom is -0.294 e. The Morgan fingerprint density at radius 1 is 1.41 bits per heavy atom. The summed E-state index contributed by atoms with van der Waals surface area (Å²) in [7, 11) is 0. The molecule has 0 saturated heterocycles. The lowest BCUT2D eigenvalue weighted by Gasteiger charge is -2.25. The van der Waals surface area contributed by atoms with Gasteiger partial charge < -0.3 is 0 Å². The van der Waals surface area contributed by atoms with Crippen molar-refractivity contribution in [1.29, 1.82) is 0 Å². The van der Waals surface area contributed by atoms with Crippen LogP contribution in [0.15, 0.2) is 6.07 Å². The summed E-state index contributed by atoms with van der Waals surface area (Å²) in [4.78, 5) is 2.38. The molecule has 3 nitrogen and oxygen atoms in total. The van der Waals surface area contributed by atoms with Crippen molar-refractivity contribution in [1.82, 2.24) is 14.7 Å². The average Bonchev–Trinajstić information content (AvgIpc) is 2.70. The summed E-state index contributed by atoms with van der Waals surface area (Å²) in [6.45, 7) is 11.5. The van der Waals surface area contributed by atoms with Gasteiger partial charge in [0.15, 0.2) is 0 Å². The third-order valence-corrected chi connectivity index (χ3v) is 3.21. The first-order chi connectivity index (χ1) is 8.12. The number of alkyl halides is 1. The van der Waals surface area contributed by atoms with Gasteiger partial charge in [-0.1, -0.05) is 6.92 Å². The highest BCUT2D eigenvalue weighted by Gasteiger charge is 2.13. The number of aryl methyl sites for hydroxylation is 2. The standard InChI is InChI=1S/C13H24ClN3/c1-5-12-9-13(17(6-2)15-12)10-16(8-7-14)11(3)4/h9,11H,5-8,10H2,1-4H3. The molecule has 17 heavy (non-hydrogen) atoms. The van der Waals surface area contributed by atoms with Crippen molar-refractivity contribution in [2.45, 2.75) is 53.2 Å². The topological polar surface area (TPSA) is 21.1 Å². The molecule has 0 aromatic carbocycles. The molecule has 0 unspecified atom stereocenters. The van der Waals surface area contributed by atoms with Crippen molar-refractivity contribution in [2.75, 3.05) is 12.4 Å². The van der Waals surface area contributed by atoms with E-state index < -0.39 is 0 Å². The summed E-state index contributed by atoms with van der Waals surface area (Å²) < 4.78 is 2.10. The highest BCUT2D eigenvalue weighted by Crippen LogP contribution is 2.11. The van der Waals surface area contributed by atoms with E-state index in [-0.39, 0.29) is 0 Å². The summed E-state index contributed by atoms with van der Waals surface area (Å²) in [5, 5.41) is 4.58. The number of aromatic nitrogens is 2. The molecule has 0 radical (unpaired) electrons. The van der Waals surface area contributed by atoms with Gasteiger partial charge in [-0.05, 0) is 33.3 Å². The average molecular weight is 258 g/mol. The Balaban J connectivity index is 2.80. The van der Waals surface area contributed by atoms with Crippen LogP contribution in [0.2, 0.25) is 0 Å². The number of hydrogen-bond donors (Lipinski definition) is 0. The number of halogens is 1. The highest BCUT2D eigenvalue weighted by atomic mass is 35.5. The SMILES string of the molecule is CCc1cc(CN(CCCl)C(C)C)n(CC)n1. The van der Waals surface area contributed by atoms with E-state index in [2.05, 4.69) is 48.4 Å². The summed E-state index contributed by atoms with van der Waals surface area (Å²) in [6.07, 6.45) is 0.997. The lowest BCUT2D eigenvalue weighted by molar-refractivity contribution is 0.219. The van der Waals surface area contributed by atoms with Gasteiger partial charge in [0.2, 0.25) is 0 Å². The Hall–Kier alpha value is -0.540. The molecule has 1 aromatic rings. The van der Waals surface area contributed by atoms with Gasteiger partial charge in [-0.3, -0.25) is 9.58 Å². The maximum atomic E-state index is 5.85. The molecule has 0 fully saturated rings. The molecule has 0 atom stereocenters. The van der Waals surface area contributed by atoms with E-state index in [1.54, 1.807) is 0 Å². The van der Waals surface area contributed by atoms with E-state index in [4.69, 9.17) is 11.6 Å². The molecule has 1 rings (SSSR count). The van der Waals surface area contributed by atoms with Gasteiger partial charge in [0, 0.05) is 31.6 Å². The molecule has 98 valence electrons. The van der Waals surface area contributed by atoms with Crippen molar-refractivity contribution in [3.8, 4) is 0 Å². The number of nitrogens with zero attached hydrogens (tertiary/aromatic N) is 3. The second-order valence-corrected chi connectivity index (χ2v) is 4.93. The molecule has 4 heteroatoms. The van der Waals surface area contributed by atoms with Crippen molar-refractivity contribution in [3.63, 3.8) is 0 Å². The van der Waals surface area contributed by atoms with Crippen LogP contribution in [-0.2, 0) is 19.5 Å². The van der Waals surface area contributed by atoms with Gasteiger partial charge in [0.05, 0.1) is 11.4 Å². The van der Waals surface area contributed by atoms with Crippen LogP contribution in [0.25, 0.3) is 0 Å². The Kier molecular flexibility index (Phi) is 6.00. The van der Waals surface area contributed by atoms with Gasteiger partial charge in [-0.15, -0.1) is 11.6 Å². The maximum Gasteiger partial charge on any atom is 0.0625 e. The second-order valence-electron chi connectivity index (χ2n) is 4.55. The lowest BCUT2D eigenvalue weighted by Crippen LogP contribution is -2.32. The molecule has 0 amide bonds. The number of hydrogen-bond acceptors (Lipinski definition) is 2. The first-order valence-corrected chi connectivity index (χ1v) is 7.01. The molecule has 0 spiro atoms. The van der Waals surface area contributed by atoms with Gasteiger partial charge in [0.1, 0.15) is 0 Å². The molecular weight excluding hydrogens is 234 g/mol. The maximum absolute atomic E-state index is 5.85. The predicted octanol–water partition coefficient (Wildman–Crippen LogP) is 2.91. The Labute approximate surface area is 110 Å². The van der Waals surface area contributed by atoms with E-state index in [0.717, 1.165) is 26.1 Å². The van der Waals surface area contributed by atoms with E-state index in [9.17, 15) is 0 Å². The van der Waals surface area contributed by atoms with Gasteiger partial charge >= 0.3 is 0 Å². The molecule has 0 aliphatic carbocycles. The van der Waals surface area contributed by atoms with Crippen LogP contribution in [0.3, 0.4) is 0 Å². The van der Waals surface area contributed by atoms with Crippen molar-refractivity contribution in [2.24, 2.45) is 0 Å². The van der Waals surface area contributed by atoms with Crippen molar-refractivity contribution >= 4 is 11.6 Å². The summed E-state index contributed by atoms with van der Waals surface area (Å²) in [5.74, 6) is 0.680. The lowest BCUT2D eigenvalue weighted by atomic mass is 10.2. The van der Waals surface area contributed by atoms with Crippen LogP contribution in [0, 0.1) is 0 Å². The minimum atomic E-state index is 0.513. The van der Waals surface area contributed by atoms with Gasteiger partial charge in [-0.25, -0.2) is 0 Å². The normalized spacial score (nSPS) is 11.7. The van der Waals surface area contributed by atoms with Crippen molar-refractivity contribution in [3.05, 3.63) is 17.5 Å². The summed E-state index contributed by atoms with van der Waals surface area (Å²) in [6, 6.07) is 2.73. The third kappa shape index (κ3) is 4.00. The monoisotopic (exact) mass is 257 g/mol. The zero-order valence-corrected chi connectivity index (χ0v) is 12.2. The Morgan fingerprint density at radius 2 is 2.12 bits per heavy atom. The highest BCUT2D eigenvalue weighted by molar-refractivity contribution is 6.18. The van der Waals surface area contributed by atoms with Crippen molar-refractivity contribution < 1.29 is 0 Å². The molecule has 0 aliphatic heterocycles. The van der Waals surface area contributed by atoms with E-state index in [0.29, 0.717) is 11.9 Å². The van der Waals surface area contributed by atoms with Crippen LogP contribution < -0.4 is 0 Å². The smallest absolute Gasteiger partial charge is 0.0625 e. The number of rotatable bonds is 7. The first kappa shape index (κ1) is 14.5. The van der Waals surface area contributed by atoms with Crippen LogP contribution in [0.1, 0.15) is 39.1 Å². The minimum absolute atomic E-state index is 0.513. The first-order valence-electron chi connectivity index (χ1n) is 6.47. The molecular formula is C13H24ClN3. The molecule has 0 bridgehead atoms. The summed E-state index contributed by atoms with van der Waals surface area (Å²) in [5.41, 5.74) is 2.47. The third-order valence-electron chi connectivity index (χ3n) is 3.04. The Morgan fingerprint density at radius 3 is 2.59 bits per heavy atom. The van der Waals surface area contributed by atoms with Crippen LogP contribution in [0.5, 0.6) is 0 Å². The fourth-order valence-electron chi connectivity index (χ4n) is 1.93. The van der Waals surface area contributed by atoms with Gasteiger partial charge in [-0.2, -0.15) is 5.10 Å². The fourth-order valence-corrected chi connectivity index (χ4v) is 2.14. The predicted molar refractivity (Wildman–Crippen MR) is 73.5 cm³/mol. The molecule has 0 saturated carbocycles. The second kappa shape index (κ2) is 7.02. The molecule has 1 aromatic heterocycles. The zero-order valence-electron chi connectivity index (χ0n) is 11.4. The van der Waals surface area contributed by atoms with E-state index in [1.807, 2.05) is 0 Å². The quantitative estimate of drug-likeness (QED) is 0.701. The molecule has 1 heterocycles. The largest absolute Gasteiger partial charge is 0.294 e. The fraction of sp³-hybridized carbons (Fsp3) is 0.769. The Bertz CT molecular complexity index is 333.